The fourth-order valence-corrected chi connectivity index (χ4v) is 2.01. The Morgan fingerprint density at radius 1 is 1.28 bits per heavy atom. The molecule has 18 heavy (non-hydrogen) atoms. The van der Waals surface area contributed by atoms with Gasteiger partial charge in [-0.15, -0.1) is 0 Å². The molecule has 0 fully saturated rings. The van der Waals surface area contributed by atoms with Gasteiger partial charge in [0, 0.05) is 6.61 Å². The van der Waals surface area contributed by atoms with Crippen LogP contribution in [-0.4, -0.2) is 18.8 Å². The van der Waals surface area contributed by atoms with Crippen LogP contribution in [0, 0.1) is 12.8 Å². The van der Waals surface area contributed by atoms with Crippen LogP contribution in [0.3, 0.4) is 0 Å². The maximum Gasteiger partial charge on any atom is 0.0598 e. The Morgan fingerprint density at radius 3 is 2.56 bits per heavy atom. The first-order valence-electron chi connectivity index (χ1n) is 6.80. The average Bonchev–Trinajstić information content (AvgIpc) is 2.26. The highest BCUT2D eigenvalue weighted by Gasteiger charge is 2.13. The molecule has 1 atom stereocenters. The Morgan fingerprint density at radius 2 is 2.00 bits per heavy atom. The van der Waals surface area contributed by atoms with Crippen LogP contribution < -0.4 is 5.73 Å². The first-order chi connectivity index (χ1) is 8.40. The molecule has 0 aromatic heterocycles. The lowest BCUT2D eigenvalue weighted by atomic mass is 9.95. The van der Waals surface area contributed by atoms with Gasteiger partial charge in [0.2, 0.25) is 0 Å². The van der Waals surface area contributed by atoms with Crippen molar-refractivity contribution in [3.63, 3.8) is 0 Å². The van der Waals surface area contributed by atoms with E-state index in [-0.39, 0.29) is 5.60 Å². The Kier molecular flexibility index (Phi) is 5.83. The van der Waals surface area contributed by atoms with E-state index in [2.05, 4.69) is 52.0 Å². The molecule has 2 nitrogen and oxygen atoms in total. The van der Waals surface area contributed by atoms with E-state index in [4.69, 9.17) is 10.5 Å². The van der Waals surface area contributed by atoms with E-state index in [9.17, 15) is 0 Å². The molecule has 0 aliphatic rings. The summed E-state index contributed by atoms with van der Waals surface area (Å²) >= 11 is 0. The summed E-state index contributed by atoms with van der Waals surface area (Å²) in [7, 11) is 0. The van der Waals surface area contributed by atoms with Crippen molar-refractivity contribution in [2.75, 3.05) is 13.2 Å². The minimum atomic E-state index is -0.0531. The number of hydrogen-bond donors (Lipinski definition) is 1. The van der Waals surface area contributed by atoms with Crippen molar-refractivity contribution >= 4 is 0 Å². The summed E-state index contributed by atoms with van der Waals surface area (Å²) in [6.45, 7) is 9.91. The molecule has 1 aromatic rings. The molecule has 102 valence electrons. The lowest BCUT2D eigenvalue weighted by Crippen LogP contribution is -2.24. The molecule has 0 radical (unpaired) electrons. The molecule has 0 aliphatic carbocycles. The predicted octanol–water partition coefficient (Wildman–Crippen LogP) is 3.32. The third kappa shape index (κ3) is 6.18. The molecular formula is C16H27NO. The van der Waals surface area contributed by atoms with Crippen LogP contribution in [0.1, 0.15) is 38.3 Å². The van der Waals surface area contributed by atoms with E-state index in [1.165, 1.54) is 11.1 Å². The third-order valence-corrected chi connectivity index (χ3v) is 3.00. The Balaban J connectivity index is 2.42. The van der Waals surface area contributed by atoms with Gasteiger partial charge in [-0.3, -0.25) is 0 Å². The molecule has 1 rings (SSSR count). The van der Waals surface area contributed by atoms with E-state index in [0.29, 0.717) is 5.92 Å². The molecule has 0 bridgehead atoms. The maximum atomic E-state index is 5.85. The molecule has 0 saturated heterocycles. The zero-order chi connectivity index (χ0) is 13.6. The summed E-state index contributed by atoms with van der Waals surface area (Å²) in [6.07, 6.45) is 2.08. The van der Waals surface area contributed by atoms with Gasteiger partial charge in [-0.25, -0.2) is 0 Å². The summed E-state index contributed by atoms with van der Waals surface area (Å²) in [6, 6.07) is 8.67. The molecule has 2 heteroatoms. The lowest BCUT2D eigenvalue weighted by Gasteiger charge is -2.22. The van der Waals surface area contributed by atoms with Gasteiger partial charge in [-0.1, -0.05) is 29.8 Å². The van der Waals surface area contributed by atoms with Gasteiger partial charge in [0.1, 0.15) is 0 Å². The Bertz CT molecular complexity index is 354. The van der Waals surface area contributed by atoms with E-state index in [1.807, 2.05) is 0 Å². The average molecular weight is 249 g/mol. The minimum absolute atomic E-state index is 0.0531. The summed E-state index contributed by atoms with van der Waals surface area (Å²) in [5.74, 6) is 0.508. The zero-order valence-corrected chi connectivity index (χ0v) is 12.2. The van der Waals surface area contributed by atoms with Gasteiger partial charge in [0.25, 0.3) is 0 Å². The van der Waals surface area contributed by atoms with E-state index in [0.717, 1.165) is 26.0 Å². The minimum Gasteiger partial charge on any atom is -0.376 e. The summed E-state index contributed by atoms with van der Waals surface area (Å²) in [5, 5.41) is 0. The first kappa shape index (κ1) is 15.2. The van der Waals surface area contributed by atoms with Gasteiger partial charge < -0.3 is 10.5 Å². The molecular weight excluding hydrogens is 222 g/mol. The van der Waals surface area contributed by atoms with Crippen LogP contribution in [0.4, 0.5) is 0 Å². The highest BCUT2D eigenvalue weighted by atomic mass is 16.5. The number of aryl methyl sites for hydroxylation is 1. The van der Waals surface area contributed by atoms with Crippen LogP contribution in [0.2, 0.25) is 0 Å². The SMILES string of the molecule is Cc1cccc(CC(CN)CCOC(C)(C)C)c1. The highest BCUT2D eigenvalue weighted by molar-refractivity contribution is 5.22. The van der Waals surface area contributed by atoms with Gasteiger partial charge in [-0.05, 0) is 58.6 Å². The van der Waals surface area contributed by atoms with Crippen LogP contribution >= 0.6 is 0 Å². The fourth-order valence-electron chi connectivity index (χ4n) is 2.01. The lowest BCUT2D eigenvalue weighted by molar-refractivity contribution is -0.00886. The number of rotatable bonds is 6. The van der Waals surface area contributed by atoms with Crippen LogP contribution in [-0.2, 0) is 11.2 Å². The summed E-state index contributed by atoms with van der Waals surface area (Å²) in [4.78, 5) is 0. The number of benzene rings is 1. The van der Waals surface area contributed by atoms with Crippen molar-refractivity contribution in [1.82, 2.24) is 0 Å². The molecule has 0 heterocycles. The Labute approximate surface area is 112 Å². The molecule has 0 spiro atoms. The van der Waals surface area contributed by atoms with Crippen molar-refractivity contribution in [1.29, 1.82) is 0 Å². The van der Waals surface area contributed by atoms with E-state index in [1.54, 1.807) is 0 Å². The van der Waals surface area contributed by atoms with Crippen LogP contribution in [0.5, 0.6) is 0 Å². The molecule has 1 aromatic carbocycles. The smallest absolute Gasteiger partial charge is 0.0598 e. The largest absolute Gasteiger partial charge is 0.376 e. The molecule has 0 saturated carbocycles. The predicted molar refractivity (Wildman–Crippen MR) is 77.7 cm³/mol. The molecule has 0 aliphatic heterocycles. The van der Waals surface area contributed by atoms with Crippen molar-refractivity contribution < 1.29 is 4.74 Å². The maximum absolute atomic E-state index is 5.85. The second-order valence-electron chi connectivity index (χ2n) is 6.04. The normalized spacial score (nSPS) is 13.6. The monoisotopic (exact) mass is 249 g/mol. The van der Waals surface area contributed by atoms with E-state index < -0.39 is 0 Å². The summed E-state index contributed by atoms with van der Waals surface area (Å²) in [5.41, 5.74) is 8.49. The van der Waals surface area contributed by atoms with Crippen LogP contribution in [0.15, 0.2) is 24.3 Å². The molecule has 2 N–H and O–H groups in total. The molecule has 1 unspecified atom stereocenters. The van der Waals surface area contributed by atoms with Crippen molar-refractivity contribution in [2.45, 2.75) is 46.1 Å². The number of ether oxygens (including phenoxy) is 1. The van der Waals surface area contributed by atoms with E-state index >= 15 is 0 Å². The number of nitrogens with two attached hydrogens (primary N) is 1. The van der Waals surface area contributed by atoms with Gasteiger partial charge in [0.05, 0.1) is 5.60 Å². The van der Waals surface area contributed by atoms with Crippen molar-refractivity contribution in [3.8, 4) is 0 Å². The second-order valence-corrected chi connectivity index (χ2v) is 6.04. The standard InChI is InChI=1S/C16H27NO/c1-13-6-5-7-14(10-13)11-15(12-17)8-9-18-16(2,3)4/h5-7,10,15H,8-9,11-12,17H2,1-4H3. The van der Waals surface area contributed by atoms with Gasteiger partial charge >= 0.3 is 0 Å². The zero-order valence-electron chi connectivity index (χ0n) is 12.2. The number of hydrogen-bond acceptors (Lipinski definition) is 2. The topological polar surface area (TPSA) is 35.2 Å². The van der Waals surface area contributed by atoms with Gasteiger partial charge in [0.15, 0.2) is 0 Å². The second kappa shape index (κ2) is 6.91. The van der Waals surface area contributed by atoms with Gasteiger partial charge in [-0.2, -0.15) is 0 Å². The van der Waals surface area contributed by atoms with Crippen molar-refractivity contribution in [2.24, 2.45) is 11.7 Å². The summed E-state index contributed by atoms with van der Waals surface area (Å²) < 4.78 is 5.77. The first-order valence-corrected chi connectivity index (χ1v) is 6.80. The highest BCUT2D eigenvalue weighted by Crippen LogP contribution is 2.15. The molecule has 0 amide bonds. The third-order valence-electron chi connectivity index (χ3n) is 3.00. The van der Waals surface area contributed by atoms with Crippen molar-refractivity contribution in [3.05, 3.63) is 35.4 Å². The quantitative estimate of drug-likeness (QED) is 0.839. The fraction of sp³-hybridized carbons (Fsp3) is 0.625. The Hall–Kier alpha value is -0.860. The van der Waals surface area contributed by atoms with Crippen LogP contribution in [0.25, 0.3) is 0 Å².